The van der Waals surface area contributed by atoms with Gasteiger partial charge in [0.05, 0.1) is 12.3 Å². The molecule has 4 nitrogen and oxygen atoms in total. The van der Waals surface area contributed by atoms with Gasteiger partial charge in [-0.25, -0.2) is 0 Å². The SMILES string of the molecule is Cc1nn(C)c(Cl)c1CNC[C@@H]1CCCOC1. The summed E-state index contributed by atoms with van der Waals surface area (Å²) in [5.74, 6) is 0.638. The molecule has 1 aliphatic rings. The lowest BCUT2D eigenvalue weighted by Crippen LogP contribution is -2.29. The lowest BCUT2D eigenvalue weighted by Gasteiger charge is -2.22. The van der Waals surface area contributed by atoms with Crippen molar-refractivity contribution >= 4 is 11.6 Å². The van der Waals surface area contributed by atoms with Crippen molar-refractivity contribution in [1.82, 2.24) is 15.1 Å². The summed E-state index contributed by atoms with van der Waals surface area (Å²) in [5.41, 5.74) is 2.11. The molecule has 1 atom stereocenters. The minimum Gasteiger partial charge on any atom is -0.381 e. The second-order valence-corrected chi connectivity index (χ2v) is 5.05. The van der Waals surface area contributed by atoms with E-state index in [1.165, 1.54) is 12.8 Å². The van der Waals surface area contributed by atoms with Crippen LogP contribution in [0.1, 0.15) is 24.1 Å². The highest BCUT2D eigenvalue weighted by Gasteiger charge is 2.15. The zero-order chi connectivity index (χ0) is 12.3. The molecule has 96 valence electrons. The Morgan fingerprint density at radius 2 is 2.41 bits per heavy atom. The van der Waals surface area contributed by atoms with Crippen LogP contribution in [-0.2, 0) is 18.3 Å². The van der Waals surface area contributed by atoms with E-state index in [0.717, 1.165) is 42.7 Å². The van der Waals surface area contributed by atoms with Crippen molar-refractivity contribution in [3.63, 3.8) is 0 Å². The van der Waals surface area contributed by atoms with E-state index in [0.29, 0.717) is 5.92 Å². The van der Waals surface area contributed by atoms with Gasteiger partial charge in [-0.3, -0.25) is 4.68 Å². The fraction of sp³-hybridized carbons (Fsp3) is 0.750. The van der Waals surface area contributed by atoms with Crippen LogP contribution in [0.2, 0.25) is 5.15 Å². The Balaban J connectivity index is 1.81. The molecule has 17 heavy (non-hydrogen) atoms. The number of nitrogens with zero attached hydrogens (tertiary/aromatic N) is 2. The van der Waals surface area contributed by atoms with Gasteiger partial charge in [0.15, 0.2) is 0 Å². The predicted octanol–water partition coefficient (Wildman–Crippen LogP) is 1.90. The summed E-state index contributed by atoms with van der Waals surface area (Å²) in [7, 11) is 1.87. The van der Waals surface area contributed by atoms with Crippen LogP contribution in [0, 0.1) is 12.8 Å². The zero-order valence-electron chi connectivity index (χ0n) is 10.5. The Hall–Kier alpha value is -0.580. The summed E-state index contributed by atoms with van der Waals surface area (Å²) < 4.78 is 7.17. The Bertz CT molecular complexity index is 372. The van der Waals surface area contributed by atoms with Gasteiger partial charge in [0.25, 0.3) is 0 Å². The third-order valence-corrected chi connectivity index (χ3v) is 3.73. The first kappa shape index (κ1) is 12.9. The van der Waals surface area contributed by atoms with Crippen LogP contribution in [0.3, 0.4) is 0 Å². The van der Waals surface area contributed by atoms with Crippen molar-refractivity contribution in [2.45, 2.75) is 26.3 Å². The van der Waals surface area contributed by atoms with E-state index in [4.69, 9.17) is 16.3 Å². The normalized spacial score (nSPS) is 20.8. The molecule has 0 unspecified atom stereocenters. The molecule has 1 fully saturated rings. The molecule has 0 bridgehead atoms. The van der Waals surface area contributed by atoms with Gasteiger partial charge in [-0.2, -0.15) is 5.10 Å². The number of hydrogen-bond acceptors (Lipinski definition) is 3. The third kappa shape index (κ3) is 3.21. The molecule has 1 N–H and O–H groups in total. The Labute approximate surface area is 107 Å². The van der Waals surface area contributed by atoms with Crippen molar-refractivity contribution in [1.29, 1.82) is 0 Å². The minimum atomic E-state index is 0.638. The number of rotatable bonds is 4. The van der Waals surface area contributed by atoms with E-state index >= 15 is 0 Å². The average molecular weight is 258 g/mol. The molecule has 0 radical (unpaired) electrons. The largest absolute Gasteiger partial charge is 0.381 e. The average Bonchev–Trinajstić information content (AvgIpc) is 2.57. The number of nitrogens with one attached hydrogen (secondary N) is 1. The molecule has 0 aliphatic carbocycles. The quantitative estimate of drug-likeness (QED) is 0.896. The van der Waals surface area contributed by atoms with Gasteiger partial charge in [-0.1, -0.05) is 11.6 Å². The lowest BCUT2D eigenvalue weighted by atomic mass is 10.0. The lowest BCUT2D eigenvalue weighted by molar-refractivity contribution is 0.0547. The van der Waals surface area contributed by atoms with Crippen LogP contribution in [0.25, 0.3) is 0 Å². The molecule has 1 aromatic heterocycles. The van der Waals surface area contributed by atoms with E-state index in [-0.39, 0.29) is 0 Å². The molecule has 0 saturated carbocycles. The number of ether oxygens (including phenoxy) is 1. The molecule has 0 aromatic carbocycles. The van der Waals surface area contributed by atoms with Gasteiger partial charge in [0, 0.05) is 32.3 Å². The van der Waals surface area contributed by atoms with Gasteiger partial charge in [-0.15, -0.1) is 0 Å². The summed E-state index contributed by atoms with van der Waals surface area (Å²) in [4.78, 5) is 0. The van der Waals surface area contributed by atoms with Gasteiger partial charge in [-0.05, 0) is 25.7 Å². The van der Waals surface area contributed by atoms with Crippen LogP contribution in [0.5, 0.6) is 0 Å². The number of halogens is 1. The highest BCUT2D eigenvalue weighted by atomic mass is 35.5. The first-order valence-electron chi connectivity index (χ1n) is 6.15. The molecule has 1 aliphatic heterocycles. The third-order valence-electron chi connectivity index (χ3n) is 3.26. The van der Waals surface area contributed by atoms with Crippen molar-refractivity contribution in [3.8, 4) is 0 Å². The zero-order valence-corrected chi connectivity index (χ0v) is 11.3. The highest BCUT2D eigenvalue weighted by molar-refractivity contribution is 6.30. The second kappa shape index (κ2) is 5.85. The van der Waals surface area contributed by atoms with E-state index < -0.39 is 0 Å². The fourth-order valence-electron chi connectivity index (χ4n) is 2.24. The van der Waals surface area contributed by atoms with Crippen molar-refractivity contribution in [2.75, 3.05) is 19.8 Å². The molecule has 1 saturated heterocycles. The molecular weight excluding hydrogens is 238 g/mol. The molecular formula is C12H20ClN3O. The standard InChI is InChI=1S/C12H20ClN3O/c1-9-11(12(13)16(2)15-9)7-14-6-10-4-3-5-17-8-10/h10,14H,3-8H2,1-2H3/t10-/m0/s1. The van der Waals surface area contributed by atoms with Crippen LogP contribution >= 0.6 is 11.6 Å². The molecule has 0 amide bonds. The molecule has 2 heterocycles. The summed E-state index contributed by atoms with van der Waals surface area (Å²) in [6.45, 7) is 5.57. The summed E-state index contributed by atoms with van der Waals surface area (Å²) in [6, 6.07) is 0. The maximum atomic E-state index is 6.17. The van der Waals surface area contributed by atoms with Gasteiger partial charge >= 0.3 is 0 Å². The van der Waals surface area contributed by atoms with Gasteiger partial charge in [0.2, 0.25) is 0 Å². The van der Waals surface area contributed by atoms with Gasteiger partial charge < -0.3 is 10.1 Å². The smallest absolute Gasteiger partial charge is 0.131 e. The van der Waals surface area contributed by atoms with Crippen molar-refractivity contribution in [2.24, 2.45) is 13.0 Å². The van der Waals surface area contributed by atoms with Crippen LogP contribution < -0.4 is 5.32 Å². The summed E-state index contributed by atoms with van der Waals surface area (Å²) in [6.07, 6.45) is 2.44. The van der Waals surface area contributed by atoms with Crippen LogP contribution in [0.15, 0.2) is 0 Å². The van der Waals surface area contributed by atoms with E-state index in [9.17, 15) is 0 Å². The molecule has 5 heteroatoms. The molecule has 2 rings (SSSR count). The Morgan fingerprint density at radius 1 is 1.59 bits per heavy atom. The Kier molecular flexibility index (Phi) is 4.42. The first-order valence-corrected chi connectivity index (χ1v) is 6.52. The molecule has 0 spiro atoms. The minimum absolute atomic E-state index is 0.638. The van der Waals surface area contributed by atoms with E-state index in [1.54, 1.807) is 4.68 Å². The second-order valence-electron chi connectivity index (χ2n) is 4.69. The van der Waals surface area contributed by atoms with Crippen LogP contribution in [-0.4, -0.2) is 29.5 Å². The number of aryl methyl sites for hydroxylation is 2. The summed E-state index contributed by atoms with van der Waals surface area (Å²) in [5, 5.41) is 8.48. The van der Waals surface area contributed by atoms with Crippen molar-refractivity contribution < 1.29 is 4.74 Å². The van der Waals surface area contributed by atoms with E-state index in [1.807, 2.05) is 14.0 Å². The highest BCUT2D eigenvalue weighted by Crippen LogP contribution is 2.18. The maximum Gasteiger partial charge on any atom is 0.131 e. The van der Waals surface area contributed by atoms with Gasteiger partial charge in [0.1, 0.15) is 5.15 Å². The topological polar surface area (TPSA) is 39.1 Å². The Morgan fingerprint density at radius 3 is 3.00 bits per heavy atom. The first-order chi connectivity index (χ1) is 8.18. The van der Waals surface area contributed by atoms with E-state index in [2.05, 4.69) is 10.4 Å². The number of hydrogen-bond donors (Lipinski definition) is 1. The monoisotopic (exact) mass is 257 g/mol. The maximum absolute atomic E-state index is 6.17. The van der Waals surface area contributed by atoms with Crippen LogP contribution in [0.4, 0.5) is 0 Å². The predicted molar refractivity (Wildman–Crippen MR) is 68.2 cm³/mol. The number of aromatic nitrogens is 2. The van der Waals surface area contributed by atoms with Crippen molar-refractivity contribution in [3.05, 3.63) is 16.4 Å². The summed E-state index contributed by atoms with van der Waals surface area (Å²) >= 11 is 6.17. The molecule has 1 aromatic rings. The fourth-order valence-corrected chi connectivity index (χ4v) is 2.49.